The summed E-state index contributed by atoms with van der Waals surface area (Å²) in [4.78, 5) is 3.09. The maximum Gasteiger partial charge on any atom is 0.225 e. The number of halogens is 2. The number of hydrogen-bond acceptors (Lipinski definition) is 0. The first kappa shape index (κ1) is 10.2. The van der Waals surface area contributed by atoms with Crippen molar-refractivity contribution < 1.29 is 12.4 Å². The molecular weight excluding hydrogens is 189 g/mol. The Bertz CT molecular complexity index is 197. The molecule has 0 saturated heterocycles. The van der Waals surface area contributed by atoms with Gasteiger partial charge in [-0.15, -0.1) is 0 Å². The van der Waals surface area contributed by atoms with Crippen LogP contribution in [0, 0.1) is 0 Å². The number of H-pyrrole nitrogens is 1. The number of hydrogen-bond donors (Lipinski definition) is 1. The second kappa shape index (κ2) is 4.16. The highest BCUT2D eigenvalue weighted by molar-refractivity contribution is 7.95. The van der Waals surface area contributed by atoms with E-state index in [0.29, 0.717) is 10.9 Å². The van der Waals surface area contributed by atoms with Crippen molar-refractivity contribution in [3.63, 3.8) is 0 Å². The summed E-state index contributed by atoms with van der Waals surface area (Å²) in [6, 6.07) is 1.96. The van der Waals surface area contributed by atoms with Crippen LogP contribution in [0.1, 0.15) is 0 Å². The summed E-state index contributed by atoms with van der Waals surface area (Å²) in [5.41, 5.74) is 0. The molecular formula is C6H9Cl2NS. The molecule has 58 valence electrons. The average Bonchev–Trinajstić information content (AvgIpc) is 2.14. The van der Waals surface area contributed by atoms with Gasteiger partial charge in [-0.05, 0) is 0 Å². The van der Waals surface area contributed by atoms with Crippen LogP contribution in [0.15, 0.2) is 17.3 Å². The topological polar surface area (TPSA) is 15.8 Å². The van der Waals surface area contributed by atoms with Crippen molar-refractivity contribution in [3.05, 3.63) is 17.3 Å². The minimum atomic E-state index is 0. The minimum Gasteiger partial charge on any atom is -1.00 e. The summed E-state index contributed by atoms with van der Waals surface area (Å²) < 4.78 is 0. The number of aromatic amines is 1. The Kier molecular flexibility index (Phi) is 4.25. The fourth-order valence-corrected chi connectivity index (χ4v) is 1.47. The summed E-state index contributed by atoms with van der Waals surface area (Å²) in [5, 5.41) is 2.02. The molecule has 0 aliphatic rings. The van der Waals surface area contributed by atoms with Gasteiger partial charge in [0.25, 0.3) is 0 Å². The van der Waals surface area contributed by atoms with Gasteiger partial charge in [0.15, 0.2) is 0 Å². The molecule has 10 heavy (non-hydrogen) atoms. The van der Waals surface area contributed by atoms with E-state index in [2.05, 4.69) is 17.5 Å². The highest BCUT2D eigenvalue weighted by Crippen LogP contribution is 2.13. The Balaban J connectivity index is 0.000000810. The molecule has 1 nitrogen and oxygen atoms in total. The minimum absolute atomic E-state index is 0. The lowest BCUT2D eigenvalue weighted by Crippen LogP contribution is -3.00. The Morgan fingerprint density at radius 1 is 1.50 bits per heavy atom. The van der Waals surface area contributed by atoms with Crippen molar-refractivity contribution in [2.75, 3.05) is 12.5 Å². The Morgan fingerprint density at radius 2 is 2.10 bits per heavy atom. The highest BCUT2D eigenvalue weighted by atomic mass is 35.5. The van der Waals surface area contributed by atoms with Crippen LogP contribution in [0.3, 0.4) is 0 Å². The molecule has 0 unspecified atom stereocenters. The molecule has 0 atom stereocenters. The number of aromatic nitrogens is 1. The predicted molar refractivity (Wildman–Crippen MR) is 43.3 cm³/mol. The Hall–Kier alpha value is 0.210. The third-order valence-electron chi connectivity index (χ3n) is 1.06. The molecule has 0 spiro atoms. The lowest BCUT2D eigenvalue weighted by molar-refractivity contribution is -0.00000194. The zero-order chi connectivity index (χ0) is 6.85. The molecule has 1 N–H and O–H groups in total. The van der Waals surface area contributed by atoms with Gasteiger partial charge in [0.05, 0.1) is 5.02 Å². The smallest absolute Gasteiger partial charge is 0.225 e. The van der Waals surface area contributed by atoms with E-state index in [4.69, 9.17) is 11.6 Å². The second-order valence-electron chi connectivity index (χ2n) is 2.00. The van der Waals surface area contributed by atoms with Gasteiger partial charge in [0, 0.05) is 23.2 Å². The quantitative estimate of drug-likeness (QED) is 0.552. The Labute approximate surface area is 74.9 Å². The normalized spacial score (nSPS) is 9.60. The van der Waals surface area contributed by atoms with Crippen LogP contribution in [-0.2, 0) is 10.9 Å². The Morgan fingerprint density at radius 3 is 2.30 bits per heavy atom. The van der Waals surface area contributed by atoms with Crippen LogP contribution in [-0.4, -0.2) is 17.5 Å². The highest BCUT2D eigenvalue weighted by Gasteiger charge is 2.08. The zero-order valence-electron chi connectivity index (χ0n) is 5.82. The molecule has 4 heteroatoms. The monoisotopic (exact) mass is 197 g/mol. The van der Waals surface area contributed by atoms with Crippen molar-refractivity contribution in [2.45, 2.75) is 5.03 Å². The van der Waals surface area contributed by atoms with Crippen LogP contribution in [0.4, 0.5) is 0 Å². The molecule has 1 rings (SSSR count). The van der Waals surface area contributed by atoms with Crippen molar-refractivity contribution in [3.8, 4) is 0 Å². The van der Waals surface area contributed by atoms with Gasteiger partial charge in [0.2, 0.25) is 5.03 Å². The van der Waals surface area contributed by atoms with Gasteiger partial charge >= 0.3 is 0 Å². The van der Waals surface area contributed by atoms with Gasteiger partial charge in [-0.3, -0.25) is 0 Å². The van der Waals surface area contributed by atoms with E-state index >= 15 is 0 Å². The summed E-state index contributed by atoms with van der Waals surface area (Å²) in [6.45, 7) is 0. The van der Waals surface area contributed by atoms with Crippen LogP contribution < -0.4 is 12.4 Å². The molecule has 0 aliphatic carbocycles. The molecule has 1 heterocycles. The van der Waals surface area contributed by atoms with E-state index in [1.54, 1.807) is 0 Å². The van der Waals surface area contributed by atoms with Crippen molar-refractivity contribution in [1.82, 2.24) is 4.98 Å². The van der Waals surface area contributed by atoms with Gasteiger partial charge in [-0.25, -0.2) is 0 Å². The third-order valence-corrected chi connectivity index (χ3v) is 2.39. The van der Waals surface area contributed by atoms with Crippen molar-refractivity contribution in [2.24, 2.45) is 0 Å². The molecule has 1 aromatic rings. The fourth-order valence-electron chi connectivity index (χ4n) is 0.584. The molecule has 0 fully saturated rings. The summed E-state index contributed by atoms with van der Waals surface area (Å²) in [6.07, 6.45) is 6.12. The SMILES string of the molecule is C[S+](C)c1cc(Cl)c[nH]1.[Cl-]. The van der Waals surface area contributed by atoms with Gasteiger partial charge < -0.3 is 17.4 Å². The second-order valence-corrected chi connectivity index (χ2v) is 4.51. The van der Waals surface area contributed by atoms with Gasteiger partial charge in [0.1, 0.15) is 12.5 Å². The molecule has 1 aromatic heterocycles. The van der Waals surface area contributed by atoms with E-state index in [0.717, 1.165) is 5.02 Å². The van der Waals surface area contributed by atoms with Crippen LogP contribution >= 0.6 is 11.6 Å². The van der Waals surface area contributed by atoms with Gasteiger partial charge in [-0.2, -0.15) is 0 Å². The lowest BCUT2D eigenvalue weighted by atomic mass is 10.7. The molecule has 0 radical (unpaired) electrons. The summed E-state index contributed by atoms with van der Waals surface area (Å²) in [5.74, 6) is 0. The van der Waals surface area contributed by atoms with Crippen LogP contribution in [0.25, 0.3) is 0 Å². The van der Waals surface area contributed by atoms with E-state index in [9.17, 15) is 0 Å². The predicted octanol–water partition coefficient (Wildman–Crippen LogP) is -1.09. The molecule has 0 aromatic carbocycles. The van der Waals surface area contributed by atoms with E-state index in [-0.39, 0.29) is 12.4 Å². The number of nitrogens with one attached hydrogen (secondary N) is 1. The maximum absolute atomic E-state index is 5.68. The zero-order valence-corrected chi connectivity index (χ0v) is 8.15. The summed E-state index contributed by atoms with van der Waals surface area (Å²) in [7, 11) is 0.302. The molecule has 0 amide bonds. The lowest BCUT2D eigenvalue weighted by Gasteiger charge is -1.86. The molecule has 0 saturated carbocycles. The third kappa shape index (κ3) is 2.45. The first-order valence-corrected chi connectivity index (χ1v) is 5.03. The van der Waals surface area contributed by atoms with Crippen molar-refractivity contribution in [1.29, 1.82) is 0 Å². The molecule has 0 bridgehead atoms. The average molecular weight is 198 g/mol. The van der Waals surface area contributed by atoms with Gasteiger partial charge in [-0.1, -0.05) is 11.6 Å². The molecule has 0 aliphatic heterocycles. The first-order chi connectivity index (χ1) is 4.20. The van der Waals surface area contributed by atoms with E-state index in [1.165, 1.54) is 5.03 Å². The number of rotatable bonds is 1. The van der Waals surface area contributed by atoms with Crippen LogP contribution in [0.5, 0.6) is 0 Å². The van der Waals surface area contributed by atoms with Crippen LogP contribution in [0.2, 0.25) is 5.02 Å². The summed E-state index contributed by atoms with van der Waals surface area (Å²) >= 11 is 5.68. The van der Waals surface area contributed by atoms with Crippen molar-refractivity contribution >= 4 is 22.5 Å². The van der Waals surface area contributed by atoms with E-state index < -0.39 is 0 Å². The maximum atomic E-state index is 5.68. The standard InChI is InChI=1S/C6H9ClNS.ClH/c1-9(2)6-3-5(7)4-8-6;/h3-4,8H,1-2H3;1H/q+1;/p-1. The van der Waals surface area contributed by atoms with E-state index in [1.807, 2.05) is 12.3 Å². The first-order valence-electron chi connectivity index (χ1n) is 2.61. The largest absolute Gasteiger partial charge is 1.00 e. The fraction of sp³-hybridized carbons (Fsp3) is 0.333.